The molecule has 0 aromatic heterocycles. The third-order valence-electron chi connectivity index (χ3n) is 9.84. The Morgan fingerprint density at radius 2 is 1.93 bits per heavy atom. The molecule has 1 aliphatic carbocycles. The summed E-state index contributed by atoms with van der Waals surface area (Å²) >= 11 is 6.33. The molecule has 0 saturated heterocycles. The highest BCUT2D eigenvalue weighted by Crippen LogP contribution is 2.45. The van der Waals surface area contributed by atoms with E-state index in [2.05, 4.69) is 9.62 Å². The van der Waals surface area contributed by atoms with E-state index in [1.54, 1.807) is 25.1 Å². The lowest BCUT2D eigenvalue weighted by Crippen LogP contribution is -2.52. The van der Waals surface area contributed by atoms with Crippen LogP contribution >= 0.6 is 11.6 Å². The van der Waals surface area contributed by atoms with Crippen LogP contribution < -0.4 is 14.4 Å². The number of nitrogens with zero attached hydrogens (tertiary/aromatic N) is 1. The number of rotatable bonds is 3. The Morgan fingerprint density at radius 1 is 1.13 bits per heavy atom. The zero-order chi connectivity index (χ0) is 32.4. The number of sulfonamides is 1. The lowest BCUT2D eigenvalue weighted by atomic mass is 9.64. The highest BCUT2D eigenvalue weighted by molar-refractivity contribution is 7.90. The fourth-order valence-electron chi connectivity index (χ4n) is 6.65. The number of carbonyl (C=O) groups excluding carboxylic acids is 1. The van der Waals surface area contributed by atoms with Crippen molar-refractivity contribution in [1.82, 2.24) is 4.72 Å². The zero-order valence-corrected chi connectivity index (χ0v) is 28.4. The molecular weight excluding hydrogens is 612 g/mol. The van der Waals surface area contributed by atoms with E-state index in [0.717, 1.165) is 48.9 Å². The van der Waals surface area contributed by atoms with Crippen molar-refractivity contribution in [3.63, 3.8) is 0 Å². The average molecular weight is 659 g/mol. The first-order chi connectivity index (χ1) is 21.4. The van der Waals surface area contributed by atoms with Gasteiger partial charge in [0.05, 0.1) is 23.6 Å². The van der Waals surface area contributed by atoms with E-state index in [1.165, 1.54) is 0 Å². The lowest BCUT2D eigenvalue weighted by molar-refractivity contribution is -0.106. The number of aryl methyl sites for hydroxylation is 1. The largest absolute Gasteiger partial charge is 0.487 e. The van der Waals surface area contributed by atoms with Gasteiger partial charge in [-0.05, 0) is 119 Å². The van der Waals surface area contributed by atoms with E-state index < -0.39 is 26.8 Å². The molecule has 2 N–H and O–H groups in total. The molecular formula is C35H47ClN2O6S. The van der Waals surface area contributed by atoms with Crippen LogP contribution in [-0.4, -0.2) is 56.1 Å². The summed E-state index contributed by atoms with van der Waals surface area (Å²) in [6.45, 7) is 9.26. The van der Waals surface area contributed by atoms with Gasteiger partial charge in [0.1, 0.15) is 18.0 Å². The smallest absolute Gasteiger partial charge is 0.264 e. The van der Waals surface area contributed by atoms with Crippen LogP contribution in [0.2, 0.25) is 5.02 Å². The van der Waals surface area contributed by atoms with E-state index in [0.29, 0.717) is 36.9 Å². The molecule has 5 rings (SSSR count). The minimum atomic E-state index is -3.97. The molecule has 8 nitrogen and oxygen atoms in total. The molecule has 246 valence electrons. The minimum absolute atomic E-state index is 0.0303. The number of hydrogen-bond acceptors (Lipinski definition) is 7. The first kappa shape index (κ1) is 33.8. The number of halogens is 1. The highest BCUT2D eigenvalue weighted by atomic mass is 35.5. The molecule has 0 radical (unpaired) electrons. The molecule has 2 aromatic carbocycles. The number of amides is 1. The fraction of sp³-hybridized carbons (Fsp3) is 0.571. The molecule has 45 heavy (non-hydrogen) atoms. The number of hydrogen-bond donors (Lipinski definition) is 2. The van der Waals surface area contributed by atoms with E-state index in [4.69, 9.17) is 21.1 Å². The Bertz CT molecular complexity index is 1510. The topological polar surface area (TPSA) is 105 Å². The molecule has 1 saturated carbocycles. The van der Waals surface area contributed by atoms with Gasteiger partial charge < -0.3 is 19.5 Å². The SMILES string of the molecule is CC(C)OC[C@]1(O)/C=C/C[C@H](C)[C@@H](C)S(=O)(=O)NC(=O)c2ccc3c(c2)N(CCCCc2cc(Cl)ccc2CO3)C[C@@H]2CC[C@H]21. The number of ether oxygens (including phenoxy) is 2. The lowest BCUT2D eigenvalue weighted by Gasteiger charge is -2.48. The van der Waals surface area contributed by atoms with E-state index >= 15 is 0 Å². The molecule has 10 heteroatoms. The van der Waals surface area contributed by atoms with Crippen LogP contribution in [0.25, 0.3) is 0 Å². The Balaban J connectivity index is 1.56. The Morgan fingerprint density at radius 3 is 2.67 bits per heavy atom. The summed E-state index contributed by atoms with van der Waals surface area (Å²) in [6, 6.07) is 11.0. The molecule has 0 unspecified atom stereocenters. The number of carbonyl (C=O) groups is 1. The van der Waals surface area contributed by atoms with Crippen molar-refractivity contribution in [2.75, 3.05) is 24.6 Å². The predicted octanol–water partition coefficient (Wildman–Crippen LogP) is 6.29. The van der Waals surface area contributed by atoms with Gasteiger partial charge in [-0.2, -0.15) is 0 Å². The third-order valence-corrected chi connectivity index (χ3v) is 12.0. The fourth-order valence-corrected chi connectivity index (χ4v) is 8.13. The molecule has 2 aromatic rings. The van der Waals surface area contributed by atoms with Crippen LogP contribution in [0.3, 0.4) is 0 Å². The molecule has 1 fully saturated rings. The minimum Gasteiger partial charge on any atom is -0.487 e. The van der Waals surface area contributed by atoms with Crippen LogP contribution in [0.4, 0.5) is 5.69 Å². The van der Waals surface area contributed by atoms with Crippen molar-refractivity contribution < 1.29 is 27.8 Å². The average Bonchev–Trinajstić information content (AvgIpc) is 3.00. The number of benzene rings is 2. The van der Waals surface area contributed by atoms with Crippen molar-refractivity contribution in [2.45, 2.75) is 89.8 Å². The van der Waals surface area contributed by atoms with E-state index in [1.807, 2.05) is 51.1 Å². The summed E-state index contributed by atoms with van der Waals surface area (Å²) < 4.78 is 41.4. The summed E-state index contributed by atoms with van der Waals surface area (Å²) in [6.07, 6.45) is 8.64. The molecule has 2 heterocycles. The van der Waals surface area contributed by atoms with Crippen molar-refractivity contribution in [3.8, 4) is 5.75 Å². The first-order valence-electron chi connectivity index (χ1n) is 16.2. The second-order valence-electron chi connectivity index (χ2n) is 13.4. The van der Waals surface area contributed by atoms with Gasteiger partial charge >= 0.3 is 0 Å². The standard InChI is InChI=1S/C35H47ClN2O6S/c1-23(2)44-22-35(40)16-7-8-24(3)25(4)45(41,42)37-34(39)27-12-15-33-32(19-27)38(20-28-11-14-31(28)35)17-6-5-9-26-18-30(36)13-10-29(26)21-43-33/h7,10,12-13,15-16,18-19,23-25,28,31,40H,5-6,8-9,11,14,17,20-22H2,1-4H3,(H,37,39)/b16-7+/t24-,25+,28-,31+,35+/m0/s1. The van der Waals surface area contributed by atoms with Gasteiger partial charge in [0, 0.05) is 23.7 Å². The van der Waals surface area contributed by atoms with Crippen LogP contribution in [0.5, 0.6) is 5.75 Å². The first-order valence-corrected chi connectivity index (χ1v) is 18.2. The second kappa shape index (κ2) is 14.0. The Labute approximate surface area is 273 Å². The maximum Gasteiger partial charge on any atom is 0.264 e. The van der Waals surface area contributed by atoms with E-state index in [9.17, 15) is 18.3 Å². The van der Waals surface area contributed by atoms with Gasteiger partial charge in [-0.25, -0.2) is 13.1 Å². The third kappa shape index (κ3) is 7.87. The second-order valence-corrected chi connectivity index (χ2v) is 15.9. The van der Waals surface area contributed by atoms with Gasteiger partial charge in [-0.3, -0.25) is 4.79 Å². The quantitative estimate of drug-likeness (QED) is 0.374. The van der Waals surface area contributed by atoms with Gasteiger partial charge in [0.2, 0.25) is 10.0 Å². The number of aliphatic hydroxyl groups is 1. The van der Waals surface area contributed by atoms with Crippen LogP contribution in [0.1, 0.15) is 81.3 Å². The van der Waals surface area contributed by atoms with Gasteiger partial charge in [0.15, 0.2) is 0 Å². The number of allylic oxidation sites excluding steroid dienone is 1. The monoisotopic (exact) mass is 658 g/mol. The number of fused-ring (bicyclic) bond motifs is 3. The predicted molar refractivity (Wildman–Crippen MR) is 178 cm³/mol. The maximum absolute atomic E-state index is 13.4. The Hall–Kier alpha value is -2.59. The van der Waals surface area contributed by atoms with Crippen LogP contribution in [-0.2, 0) is 27.8 Å². The summed E-state index contributed by atoms with van der Waals surface area (Å²) in [5, 5.41) is 11.9. The molecule has 0 spiro atoms. The molecule has 2 aliphatic heterocycles. The van der Waals surface area contributed by atoms with Crippen molar-refractivity contribution in [3.05, 3.63) is 70.3 Å². The van der Waals surface area contributed by atoms with Crippen molar-refractivity contribution in [2.24, 2.45) is 17.8 Å². The van der Waals surface area contributed by atoms with Crippen LogP contribution in [0, 0.1) is 17.8 Å². The van der Waals surface area contributed by atoms with Crippen molar-refractivity contribution in [1.29, 1.82) is 0 Å². The molecule has 1 amide bonds. The summed E-state index contributed by atoms with van der Waals surface area (Å²) in [7, 11) is -3.97. The Kier molecular flexibility index (Phi) is 10.5. The summed E-state index contributed by atoms with van der Waals surface area (Å²) in [5.41, 5.74) is 2.04. The summed E-state index contributed by atoms with van der Waals surface area (Å²) in [5.74, 6) is -0.172. The van der Waals surface area contributed by atoms with Gasteiger partial charge in [-0.1, -0.05) is 36.7 Å². The van der Waals surface area contributed by atoms with Crippen molar-refractivity contribution >= 4 is 33.2 Å². The van der Waals surface area contributed by atoms with Crippen LogP contribution in [0.15, 0.2) is 48.6 Å². The number of anilines is 1. The molecule has 5 atom stereocenters. The van der Waals surface area contributed by atoms with Gasteiger partial charge in [0.25, 0.3) is 5.91 Å². The maximum atomic E-state index is 13.4. The van der Waals surface area contributed by atoms with E-state index in [-0.39, 0.29) is 36.0 Å². The summed E-state index contributed by atoms with van der Waals surface area (Å²) in [4.78, 5) is 15.7. The molecule has 2 bridgehead atoms. The number of nitrogens with one attached hydrogen (secondary N) is 1. The normalized spacial score (nSPS) is 29.7. The highest BCUT2D eigenvalue weighted by Gasteiger charge is 2.46. The van der Waals surface area contributed by atoms with Gasteiger partial charge in [-0.15, -0.1) is 0 Å². The molecule has 3 aliphatic rings. The zero-order valence-electron chi connectivity index (χ0n) is 26.8.